The molecule has 0 radical (unpaired) electrons. The third-order valence-electron chi connectivity index (χ3n) is 3.14. The van der Waals surface area contributed by atoms with Crippen molar-refractivity contribution in [3.63, 3.8) is 0 Å². The summed E-state index contributed by atoms with van der Waals surface area (Å²) in [5, 5.41) is 29.3. The highest BCUT2D eigenvalue weighted by molar-refractivity contribution is 6.31. The second-order valence-corrected chi connectivity index (χ2v) is 5.26. The molecule has 0 aliphatic heterocycles. The van der Waals surface area contributed by atoms with Crippen molar-refractivity contribution in [2.75, 3.05) is 11.9 Å². The van der Waals surface area contributed by atoms with E-state index in [1.807, 2.05) is 12.1 Å². The molecule has 0 saturated carbocycles. The normalized spacial score (nSPS) is 14.0. The van der Waals surface area contributed by atoms with Crippen LogP contribution in [0, 0.1) is 0 Å². The summed E-state index contributed by atoms with van der Waals surface area (Å²) in [6.45, 7) is 1.94. The third-order valence-corrected chi connectivity index (χ3v) is 3.47. The summed E-state index contributed by atoms with van der Waals surface area (Å²) < 4.78 is 1.31. The number of aromatic nitrogens is 5. The molecule has 2 aromatic heterocycles. The van der Waals surface area contributed by atoms with E-state index in [4.69, 9.17) is 11.6 Å². The van der Waals surface area contributed by atoms with Crippen LogP contribution in [0.15, 0.2) is 36.4 Å². The Morgan fingerprint density at radius 2 is 2.10 bits per heavy atom. The van der Waals surface area contributed by atoms with Crippen LogP contribution in [0.1, 0.15) is 12.5 Å². The zero-order chi connectivity index (χ0) is 14.9. The molecule has 0 aliphatic rings. The Hall–Kier alpha value is -2.25. The smallest absolute Gasteiger partial charge is 0.200 e. The third kappa shape index (κ3) is 2.79. The number of hydrogen-bond acceptors (Lipinski definition) is 6. The van der Waals surface area contributed by atoms with Gasteiger partial charge in [0.2, 0.25) is 0 Å². The molecule has 0 bridgehead atoms. The highest BCUT2D eigenvalue weighted by Crippen LogP contribution is 2.27. The van der Waals surface area contributed by atoms with Crippen molar-refractivity contribution in [1.29, 1.82) is 0 Å². The van der Waals surface area contributed by atoms with E-state index in [-0.39, 0.29) is 6.54 Å². The van der Waals surface area contributed by atoms with Crippen molar-refractivity contribution in [3.8, 4) is 0 Å². The van der Waals surface area contributed by atoms with Gasteiger partial charge in [-0.3, -0.25) is 0 Å². The molecule has 2 heterocycles. The fourth-order valence-corrected chi connectivity index (χ4v) is 2.34. The van der Waals surface area contributed by atoms with Crippen LogP contribution in [0.2, 0.25) is 5.02 Å². The summed E-state index contributed by atoms with van der Waals surface area (Å²) in [5.74, 6) is 0.558. The van der Waals surface area contributed by atoms with Crippen LogP contribution in [0.5, 0.6) is 0 Å². The lowest BCUT2D eigenvalue weighted by Gasteiger charge is -2.25. The van der Waals surface area contributed by atoms with Gasteiger partial charge in [0.1, 0.15) is 11.4 Å². The molecular formula is C13H13ClN6O. The molecule has 1 unspecified atom stereocenters. The molecule has 7 nitrogen and oxygen atoms in total. The van der Waals surface area contributed by atoms with E-state index in [9.17, 15) is 5.11 Å². The van der Waals surface area contributed by atoms with Crippen LogP contribution in [0.3, 0.4) is 0 Å². The fraction of sp³-hybridized carbons (Fsp3) is 0.231. The molecule has 3 aromatic rings. The summed E-state index contributed by atoms with van der Waals surface area (Å²) in [4.78, 5) is 0. The summed E-state index contributed by atoms with van der Waals surface area (Å²) in [6.07, 6.45) is 0. The second-order valence-electron chi connectivity index (χ2n) is 4.85. The first kappa shape index (κ1) is 13.7. The molecule has 0 aliphatic carbocycles. The highest BCUT2D eigenvalue weighted by atomic mass is 35.5. The number of hydrogen-bond donors (Lipinski definition) is 2. The predicted molar refractivity (Wildman–Crippen MR) is 78.1 cm³/mol. The summed E-state index contributed by atoms with van der Waals surface area (Å²) in [6, 6.07) is 10.7. The number of benzene rings is 1. The molecule has 3 rings (SSSR count). The number of aliphatic hydroxyl groups is 1. The minimum absolute atomic E-state index is 0.247. The van der Waals surface area contributed by atoms with E-state index in [1.54, 1.807) is 31.2 Å². The van der Waals surface area contributed by atoms with Gasteiger partial charge in [0.15, 0.2) is 5.65 Å². The van der Waals surface area contributed by atoms with Crippen LogP contribution >= 0.6 is 11.6 Å². The van der Waals surface area contributed by atoms with Gasteiger partial charge in [-0.2, -0.15) is 0 Å². The van der Waals surface area contributed by atoms with Gasteiger partial charge in [-0.05, 0) is 35.5 Å². The lowest BCUT2D eigenvalue weighted by Crippen LogP contribution is -2.31. The molecule has 0 amide bonds. The number of fused-ring (bicyclic) bond motifs is 1. The van der Waals surface area contributed by atoms with Crippen molar-refractivity contribution < 1.29 is 5.11 Å². The molecule has 0 spiro atoms. The lowest BCUT2D eigenvalue weighted by atomic mass is 9.96. The van der Waals surface area contributed by atoms with Gasteiger partial charge in [-0.1, -0.05) is 29.8 Å². The van der Waals surface area contributed by atoms with Crippen LogP contribution in [0.4, 0.5) is 5.82 Å². The SMILES string of the molecule is CC(O)(CNc1ccc2nnnn2n1)c1ccccc1Cl. The van der Waals surface area contributed by atoms with Crippen molar-refractivity contribution in [3.05, 3.63) is 47.0 Å². The number of nitrogens with one attached hydrogen (secondary N) is 1. The van der Waals surface area contributed by atoms with Crippen LogP contribution < -0.4 is 5.32 Å². The van der Waals surface area contributed by atoms with E-state index in [0.29, 0.717) is 22.1 Å². The standard InChI is InChI=1S/C13H13ClN6O/c1-13(21,9-4-2-3-5-10(9)14)8-15-11-6-7-12-16-18-19-20(12)17-11/h2-7,21H,8H2,1H3,(H,15,17). The van der Waals surface area contributed by atoms with Gasteiger partial charge >= 0.3 is 0 Å². The average Bonchev–Trinajstić information content (AvgIpc) is 2.93. The number of rotatable bonds is 4. The van der Waals surface area contributed by atoms with Gasteiger partial charge in [-0.15, -0.1) is 14.8 Å². The molecule has 108 valence electrons. The minimum atomic E-state index is -1.13. The quantitative estimate of drug-likeness (QED) is 0.759. The van der Waals surface area contributed by atoms with E-state index < -0.39 is 5.60 Å². The molecule has 1 aromatic carbocycles. The fourth-order valence-electron chi connectivity index (χ4n) is 2.00. The molecular weight excluding hydrogens is 292 g/mol. The van der Waals surface area contributed by atoms with E-state index in [2.05, 4.69) is 25.9 Å². The maximum Gasteiger partial charge on any atom is 0.200 e. The van der Waals surface area contributed by atoms with Gasteiger partial charge in [-0.25, -0.2) is 0 Å². The van der Waals surface area contributed by atoms with E-state index >= 15 is 0 Å². The Kier molecular flexibility index (Phi) is 3.44. The Morgan fingerprint density at radius 1 is 1.29 bits per heavy atom. The molecule has 1 atom stereocenters. The Labute approximate surface area is 125 Å². The van der Waals surface area contributed by atoms with Crippen molar-refractivity contribution in [1.82, 2.24) is 25.3 Å². The first-order valence-electron chi connectivity index (χ1n) is 6.33. The number of halogens is 1. The van der Waals surface area contributed by atoms with Crippen molar-refractivity contribution >= 4 is 23.1 Å². The average molecular weight is 305 g/mol. The van der Waals surface area contributed by atoms with Crippen molar-refractivity contribution in [2.45, 2.75) is 12.5 Å². The highest BCUT2D eigenvalue weighted by Gasteiger charge is 2.25. The Morgan fingerprint density at radius 3 is 2.90 bits per heavy atom. The van der Waals surface area contributed by atoms with Crippen molar-refractivity contribution in [2.24, 2.45) is 0 Å². The zero-order valence-corrected chi connectivity index (χ0v) is 12.0. The molecule has 0 fully saturated rings. The van der Waals surface area contributed by atoms with E-state index in [1.165, 1.54) is 4.63 Å². The van der Waals surface area contributed by atoms with Gasteiger partial charge in [0.25, 0.3) is 0 Å². The topological polar surface area (TPSA) is 88.2 Å². The van der Waals surface area contributed by atoms with Crippen LogP contribution in [-0.2, 0) is 5.60 Å². The van der Waals surface area contributed by atoms with E-state index in [0.717, 1.165) is 0 Å². The monoisotopic (exact) mass is 304 g/mol. The lowest BCUT2D eigenvalue weighted by molar-refractivity contribution is 0.0715. The second kappa shape index (κ2) is 5.27. The van der Waals surface area contributed by atoms with Crippen LogP contribution in [-0.4, -0.2) is 36.9 Å². The molecule has 2 N–H and O–H groups in total. The Bertz CT molecular complexity index is 772. The molecule has 8 heteroatoms. The first-order valence-corrected chi connectivity index (χ1v) is 6.71. The van der Waals surface area contributed by atoms with Crippen LogP contribution in [0.25, 0.3) is 5.65 Å². The largest absolute Gasteiger partial charge is 0.384 e. The molecule has 21 heavy (non-hydrogen) atoms. The van der Waals surface area contributed by atoms with Gasteiger partial charge in [0, 0.05) is 17.1 Å². The summed E-state index contributed by atoms with van der Waals surface area (Å²) in [5.41, 5.74) is 0.0800. The van der Waals surface area contributed by atoms with Gasteiger partial charge < -0.3 is 10.4 Å². The maximum absolute atomic E-state index is 10.6. The predicted octanol–water partition coefficient (Wildman–Crippen LogP) is 1.49. The number of anilines is 1. The van der Waals surface area contributed by atoms with Gasteiger partial charge in [0.05, 0.1) is 0 Å². The Balaban J connectivity index is 1.78. The molecule has 0 saturated heterocycles. The maximum atomic E-state index is 10.6. The summed E-state index contributed by atoms with van der Waals surface area (Å²) in [7, 11) is 0. The summed E-state index contributed by atoms with van der Waals surface area (Å²) >= 11 is 6.12. The zero-order valence-electron chi connectivity index (χ0n) is 11.2. The number of nitrogens with zero attached hydrogens (tertiary/aromatic N) is 5. The first-order chi connectivity index (χ1) is 10.1. The number of tetrazole rings is 1. The minimum Gasteiger partial charge on any atom is -0.384 e.